The van der Waals surface area contributed by atoms with E-state index in [-0.39, 0.29) is 11.3 Å². The molecule has 1 fully saturated rings. The largest absolute Gasteiger partial charge is 0.369 e. The van der Waals surface area contributed by atoms with Crippen LogP contribution in [0, 0.1) is 5.41 Å². The van der Waals surface area contributed by atoms with Gasteiger partial charge in [0.1, 0.15) is 0 Å². The van der Waals surface area contributed by atoms with Crippen molar-refractivity contribution in [1.29, 1.82) is 0 Å². The zero-order valence-electron chi connectivity index (χ0n) is 14.5. The van der Waals surface area contributed by atoms with E-state index in [1.54, 1.807) is 18.6 Å². The number of likely N-dealkylation sites (tertiary alicyclic amines) is 1. The molecule has 1 aliphatic heterocycles. The first-order chi connectivity index (χ1) is 12.2. The molecule has 1 aliphatic rings. The van der Waals surface area contributed by atoms with Crippen LogP contribution in [0.25, 0.3) is 0 Å². The minimum absolute atomic E-state index is 0.157. The van der Waals surface area contributed by atoms with Gasteiger partial charge in [-0.05, 0) is 62.9 Å². The molecule has 6 heteroatoms. The third kappa shape index (κ3) is 4.60. The second kappa shape index (κ2) is 8.16. The van der Waals surface area contributed by atoms with Gasteiger partial charge in [0.15, 0.2) is 0 Å². The predicted molar refractivity (Wildman–Crippen MR) is 95.3 cm³/mol. The number of nitrogens with zero attached hydrogens (tertiary/aromatic N) is 4. The standard InChI is InChI=1S/C19H25N5O/c20-18(25)19(5-1-2-17-14-22-10-11-23-17)6-12-24(13-7-19)15-16-3-8-21-9-4-16/h3-4,8-11,14H,1-2,5-7,12-13,15H2,(H2,20,25). The number of rotatable bonds is 7. The van der Waals surface area contributed by atoms with Crippen molar-refractivity contribution in [2.45, 2.75) is 38.6 Å². The van der Waals surface area contributed by atoms with Crippen LogP contribution in [0.15, 0.2) is 43.1 Å². The van der Waals surface area contributed by atoms with Gasteiger partial charge in [0.2, 0.25) is 5.91 Å². The summed E-state index contributed by atoms with van der Waals surface area (Å²) in [6.45, 7) is 2.70. The normalized spacial score (nSPS) is 17.3. The van der Waals surface area contributed by atoms with Crippen LogP contribution in [-0.4, -0.2) is 38.8 Å². The number of amides is 1. The summed E-state index contributed by atoms with van der Waals surface area (Å²) in [5.41, 5.74) is 7.63. The maximum absolute atomic E-state index is 12.2. The Morgan fingerprint density at radius 3 is 2.52 bits per heavy atom. The Hall–Kier alpha value is -2.34. The van der Waals surface area contributed by atoms with E-state index in [2.05, 4.69) is 19.9 Å². The maximum Gasteiger partial charge on any atom is 0.223 e. The zero-order valence-corrected chi connectivity index (χ0v) is 14.5. The van der Waals surface area contributed by atoms with Gasteiger partial charge in [0.25, 0.3) is 0 Å². The molecule has 0 aliphatic carbocycles. The molecule has 1 saturated heterocycles. The summed E-state index contributed by atoms with van der Waals surface area (Å²) in [5, 5.41) is 0. The van der Waals surface area contributed by atoms with Crippen molar-refractivity contribution < 1.29 is 4.79 Å². The molecule has 3 rings (SSSR count). The first-order valence-electron chi connectivity index (χ1n) is 8.84. The first-order valence-corrected chi connectivity index (χ1v) is 8.84. The lowest BCUT2D eigenvalue weighted by molar-refractivity contribution is -0.131. The maximum atomic E-state index is 12.2. The molecule has 1 amide bonds. The molecule has 2 N–H and O–H groups in total. The van der Waals surface area contributed by atoms with Crippen LogP contribution in [0.1, 0.15) is 36.9 Å². The van der Waals surface area contributed by atoms with Crippen molar-refractivity contribution in [1.82, 2.24) is 19.9 Å². The van der Waals surface area contributed by atoms with E-state index >= 15 is 0 Å². The SMILES string of the molecule is NC(=O)C1(CCCc2cnccn2)CCN(Cc2ccncc2)CC1. The number of hydrogen-bond acceptors (Lipinski definition) is 5. The summed E-state index contributed by atoms with van der Waals surface area (Å²) in [6, 6.07) is 4.08. The Kier molecular flexibility index (Phi) is 5.71. The van der Waals surface area contributed by atoms with E-state index in [0.29, 0.717) is 0 Å². The Bertz CT molecular complexity index is 669. The lowest BCUT2D eigenvalue weighted by atomic mass is 9.73. The van der Waals surface area contributed by atoms with Crippen LogP contribution in [0.5, 0.6) is 0 Å². The fourth-order valence-corrected chi connectivity index (χ4v) is 3.57. The number of aromatic nitrogens is 3. The molecule has 2 aromatic rings. The lowest BCUT2D eigenvalue weighted by Crippen LogP contribution is -2.47. The van der Waals surface area contributed by atoms with Crippen molar-refractivity contribution in [3.63, 3.8) is 0 Å². The van der Waals surface area contributed by atoms with Gasteiger partial charge in [-0.1, -0.05) is 0 Å². The summed E-state index contributed by atoms with van der Waals surface area (Å²) in [6.07, 6.45) is 13.0. The molecule has 0 saturated carbocycles. The zero-order chi connectivity index (χ0) is 17.5. The Morgan fingerprint density at radius 2 is 1.88 bits per heavy atom. The minimum Gasteiger partial charge on any atom is -0.369 e. The average Bonchev–Trinajstić information content (AvgIpc) is 2.65. The highest BCUT2D eigenvalue weighted by atomic mass is 16.1. The van der Waals surface area contributed by atoms with Crippen LogP contribution >= 0.6 is 0 Å². The summed E-state index contributed by atoms with van der Waals surface area (Å²) in [7, 11) is 0. The topological polar surface area (TPSA) is 85.0 Å². The molecule has 0 atom stereocenters. The fraction of sp³-hybridized carbons (Fsp3) is 0.474. The second-order valence-electron chi connectivity index (χ2n) is 6.83. The van der Waals surface area contributed by atoms with Gasteiger partial charge in [-0.3, -0.25) is 24.6 Å². The van der Waals surface area contributed by atoms with Crippen molar-refractivity contribution in [2.75, 3.05) is 13.1 Å². The highest BCUT2D eigenvalue weighted by molar-refractivity contribution is 5.80. The third-order valence-corrected chi connectivity index (χ3v) is 5.20. The predicted octanol–water partition coefficient (Wildman–Crippen LogP) is 1.96. The van der Waals surface area contributed by atoms with Crippen molar-refractivity contribution in [2.24, 2.45) is 11.1 Å². The van der Waals surface area contributed by atoms with E-state index in [0.717, 1.165) is 57.4 Å². The second-order valence-corrected chi connectivity index (χ2v) is 6.83. The Balaban J connectivity index is 1.53. The number of pyridine rings is 1. The van der Waals surface area contributed by atoms with Crippen molar-refractivity contribution >= 4 is 5.91 Å². The Labute approximate surface area is 148 Å². The molecule has 25 heavy (non-hydrogen) atoms. The van der Waals surface area contributed by atoms with Crippen LogP contribution < -0.4 is 5.73 Å². The van der Waals surface area contributed by atoms with Crippen LogP contribution in [-0.2, 0) is 17.8 Å². The molecule has 0 radical (unpaired) electrons. The van der Waals surface area contributed by atoms with E-state index in [4.69, 9.17) is 5.73 Å². The molecular weight excluding hydrogens is 314 g/mol. The summed E-state index contributed by atoms with van der Waals surface area (Å²) in [5.74, 6) is -0.157. The molecule has 0 aromatic carbocycles. The van der Waals surface area contributed by atoms with Crippen LogP contribution in [0.3, 0.4) is 0 Å². The van der Waals surface area contributed by atoms with Gasteiger partial charge in [-0.2, -0.15) is 0 Å². The highest BCUT2D eigenvalue weighted by Gasteiger charge is 2.39. The number of primary amides is 1. The van der Waals surface area contributed by atoms with Gasteiger partial charge in [-0.15, -0.1) is 0 Å². The van der Waals surface area contributed by atoms with Gasteiger partial charge in [-0.25, -0.2) is 0 Å². The molecular formula is C19H25N5O. The van der Waals surface area contributed by atoms with Crippen molar-refractivity contribution in [3.05, 3.63) is 54.4 Å². The van der Waals surface area contributed by atoms with Crippen molar-refractivity contribution in [3.8, 4) is 0 Å². The van der Waals surface area contributed by atoms with Gasteiger partial charge < -0.3 is 5.73 Å². The molecule has 132 valence electrons. The van der Waals surface area contributed by atoms with Gasteiger partial charge >= 0.3 is 0 Å². The molecule has 3 heterocycles. The lowest BCUT2D eigenvalue weighted by Gasteiger charge is -2.39. The number of aryl methyl sites for hydroxylation is 1. The molecule has 0 spiro atoms. The minimum atomic E-state index is -0.378. The van der Waals surface area contributed by atoms with E-state index in [1.807, 2.05) is 24.5 Å². The van der Waals surface area contributed by atoms with E-state index in [9.17, 15) is 4.79 Å². The summed E-state index contributed by atoms with van der Waals surface area (Å²) in [4.78, 5) is 27.0. The number of piperidine rings is 1. The number of nitrogens with two attached hydrogens (primary N) is 1. The van der Waals surface area contributed by atoms with Crippen LogP contribution in [0.4, 0.5) is 0 Å². The van der Waals surface area contributed by atoms with E-state index in [1.165, 1.54) is 5.56 Å². The molecule has 0 bridgehead atoms. The average molecular weight is 339 g/mol. The Morgan fingerprint density at radius 1 is 1.12 bits per heavy atom. The number of hydrogen-bond donors (Lipinski definition) is 1. The smallest absolute Gasteiger partial charge is 0.223 e. The fourth-order valence-electron chi connectivity index (χ4n) is 3.57. The number of carbonyl (C=O) groups excluding carboxylic acids is 1. The monoisotopic (exact) mass is 339 g/mol. The molecule has 0 unspecified atom stereocenters. The summed E-state index contributed by atoms with van der Waals surface area (Å²) >= 11 is 0. The van der Waals surface area contributed by atoms with Crippen LogP contribution in [0.2, 0.25) is 0 Å². The molecule has 6 nitrogen and oxygen atoms in total. The highest BCUT2D eigenvalue weighted by Crippen LogP contribution is 2.36. The molecule has 2 aromatic heterocycles. The van der Waals surface area contributed by atoms with Gasteiger partial charge in [0, 0.05) is 37.5 Å². The first kappa shape index (κ1) is 17.5. The summed E-state index contributed by atoms with van der Waals surface area (Å²) < 4.78 is 0. The van der Waals surface area contributed by atoms with E-state index < -0.39 is 0 Å². The van der Waals surface area contributed by atoms with Gasteiger partial charge in [0.05, 0.1) is 11.1 Å². The quantitative estimate of drug-likeness (QED) is 0.833. The third-order valence-electron chi connectivity index (χ3n) is 5.20. The number of carbonyl (C=O) groups is 1.